The van der Waals surface area contributed by atoms with Crippen molar-refractivity contribution in [2.45, 2.75) is 70.8 Å². The molecule has 1 heterocycles. The molecule has 0 radical (unpaired) electrons. The summed E-state index contributed by atoms with van der Waals surface area (Å²) in [5, 5.41) is 0. The molecule has 2 fully saturated rings. The van der Waals surface area contributed by atoms with E-state index in [-0.39, 0.29) is 17.0 Å². The van der Waals surface area contributed by atoms with E-state index in [0.29, 0.717) is 5.92 Å². The van der Waals surface area contributed by atoms with Crippen molar-refractivity contribution in [2.75, 3.05) is 0 Å². The molecule has 1 spiro atoms. The first-order chi connectivity index (χ1) is 12.5. The van der Waals surface area contributed by atoms with Gasteiger partial charge in [-0.15, -0.1) is 0 Å². The zero-order valence-electron chi connectivity index (χ0n) is 16.1. The van der Waals surface area contributed by atoms with Crippen LogP contribution in [0.5, 0.6) is 0 Å². The summed E-state index contributed by atoms with van der Waals surface area (Å²) in [4.78, 5) is 11.9. The Morgan fingerprint density at radius 2 is 2.12 bits per heavy atom. The first-order valence-corrected chi connectivity index (χ1v) is 10.6. The highest BCUT2D eigenvalue weighted by Crippen LogP contribution is 2.67. The molecular formula is C23H31NO2. The number of hydrogen-bond donors (Lipinski definition) is 1. The third kappa shape index (κ3) is 2.03. The van der Waals surface area contributed by atoms with Crippen LogP contribution in [0.4, 0.5) is 0 Å². The number of rotatable bonds is 1. The molecule has 2 N–H and O–H groups in total. The van der Waals surface area contributed by atoms with Gasteiger partial charge < -0.3 is 10.5 Å². The lowest BCUT2D eigenvalue weighted by Gasteiger charge is -2.55. The standard InChI is InChI=1S/C23H31NO2/c1-3-14-12-15-13-16(24)4-5-17(15)18-6-9-22(2)19(21(14)18)7-10-23(22)11-8-20(25)26-23/h8,11,13-14,18-19,21H,3-7,9-10,12,24H2,1-2H3/t14?,18?,19?,21?,22-,23+/m0/s1. The molecule has 0 aromatic rings. The third-order valence-corrected chi connectivity index (χ3v) is 8.74. The fourth-order valence-electron chi connectivity index (χ4n) is 7.46. The first kappa shape index (κ1) is 16.6. The van der Waals surface area contributed by atoms with Gasteiger partial charge >= 0.3 is 5.97 Å². The van der Waals surface area contributed by atoms with E-state index in [0.717, 1.165) is 36.3 Å². The summed E-state index contributed by atoms with van der Waals surface area (Å²) < 4.78 is 5.96. The Morgan fingerprint density at radius 3 is 2.85 bits per heavy atom. The van der Waals surface area contributed by atoms with E-state index in [1.165, 1.54) is 38.5 Å². The van der Waals surface area contributed by atoms with Crippen molar-refractivity contribution in [3.63, 3.8) is 0 Å². The molecule has 5 rings (SSSR count). The summed E-state index contributed by atoms with van der Waals surface area (Å²) in [7, 11) is 0. The van der Waals surface area contributed by atoms with Crippen molar-refractivity contribution < 1.29 is 9.53 Å². The fourth-order valence-corrected chi connectivity index (χ4v) is 7.46. The highest BCUT2D eigenvalue weighted by atomic mass is 16.6. The molecule has 0 bridgehead atoms. The van der Waals surface area contributed by atoms with Crippen molar-refractivity contribution in [3.8, 4) is 0 Å². The van der Waals surface area contributed by atoms with E-state index in [2.05, 4.69) is 26.0 Å². The van der Waals surface area contributed by atoms with Gasteiger partial charge in [0.2, 0.25) is 0 Å². The van der Waals surface area contributed by atoms with E-state index in [9.17, 15) is 4.79 Å². The van der Waals surface area contributed by atoms with Crippen LogP contribution >= 0.6 is 0 Å². The van der Waals surface area contributed by atoms with Crippen LogP contribution in [0.25, 0.3) is 0 Å². The molecule has 5 aliphatic rings. The molecule has 0 aromatic heterocycles. The Kier molecular flexibility index (Phi) is 3.52. The Bertz CT molecular complexity index is 747. The molecule has 6 atom stereocenters. The molecule has 0 amide bonds. The second-order valence-corrected chi connectivity index (χ2v) is 9.57. The van der Waals surface area contributed by atoms with Gasteiger partial charge in [0.05, 0.1) is 0 Å². The molecule has 140 valence electrons. The molecule has 26 heavy (non-hydrogen) atoms. The smallest absolute Gasteiger partial charge is 0.331 e. The molecule has 3 heteroatoms. The summed E-state index contributed by atoms with van der Waals surface area (Å²) in [5.74, 6) is 2.74. The summed E-state index contributed by atoms with van der Waals surface area (Å²) >= 11 is 0. The van der Waals surface area contributed by atoms with E-state index in [4.69, 9.17) is 10.5 Å². The lowest BCUT2D eigenvalue weighted by atomic mass is 9.50. The van der Waals surface area contributed by atoms with Crippen LogP contribution in [-0.2, 0) is 9.53 Å². The van der Waals surface area contributed by atoms with Gasteiger partial charge in [-0.1, -0.05) is 25.8 Å². The Balaban J connectivity index is 1.54. The highest BCUT2D eigenvalue weighted by Gasteiger charge is 2.65. The van der Waals surface area contributed by atoms with Crippen molar-refractivity contribution in [3.05, 3.63) is 35.1 Å². The third-order valence-electron chi connectivity index (χ3n) is 8.74. The predicted molar refractivity (Wildman–Crippen MR) is 102 cm³/mol. The minimum atomic E-state index is -0.330. The van der Waals surface area contributed by atoms with Gasteiger partial charge in [0, 0.05) is 17.2 Å². The summed E-state index contributed by atoms with van der Waals surface area (Å²) in [6, 6.07) is 0. The van der Waals surface area contributed by atoms with Crippen molar-refractivity contribution in [1.82, 2.24) is 0 Å². The molecule has 3 nitrogen and oxygen atoms in total. The Hall–Kier alpha value is -1.51. The fraction of sp³-hybridized carbons (Fsp3) is 0.696. The lowest BCUT2D eigenvalue weighted by Crippen LogP contribution is -2.52. The monoisotopic (exact) mass is 353 g/mol. The molecule has 0 aromatic carbocycles. The number of nitrogens with two attached hydrogens (primary N) is 1. The topological polar surface area (TPSA) is 52.3 Å². The normalized spacial score (nSPS) is 46.7. The maximum absolute atomic E-state index is 11.9. The maximum atomic E-state index is 11.9. The quantitative estimate of drug-likeness (QED) is 0.699. The van der Waals surface area contributed by atoms with Gasteiger partial charge in [0.25, 0.3) is 0 Å². The largest absolute Gasteiger partial charge is 0.451 e. The molecule has 4 aliphatic carbocycles. The number of carbonyl (C=O) groups is 1. The highest BCUT2D eigenvalue weighted by molar-refractivity contribution is 5.85. The van der Waals surface area contributed by atoms with Crippen molar-refractivity contribution >= 4 is 5.97 Å². The number of carbonyl (C=O) groups excluding carboxylic acids is 1. The van der Waals surface area contributed by atoms with Gasteiger partial charge in [0.15, 0.2) is 0 Å². The van der Waals surface area contributed by atoms with Crippen LogP contribution in [0.15, 0.2) is 35.1 Å². The lowest BCUT2D eigenvalue weighted by molar-refractivity contribution is -0.160. The van der Waals surface area contributed by atoms with Crippen LogP contribution in [-0.4, -0.2) is 11.6 Å². The number of ether oxygens (including phenoxy) is 1. The van der Waals surface area contributed by atoms with Crippen LogP contribution in [0, 0.1) is 29.1 Å². The summed E-state index contributed by atoms with van der Waals surface area (Å²) in [6.07, 6.45) is 15.3. The second-order valence-electron chi connectivity index (χ2n) is 9.57. The van der Waals surface area contributed by atoms with Crippen LogP contribution in [0.2, 0.25) is 0 Å². The SMILES string of the molecule is CCC1CC2=C(CCC(N)=C2)C2CC[C@@]3(C)C(CC[C@@]34C=CC(=O)O4)C12. The minimum absolute atomic E-state index is 0.103. The van der Waals surface area contributed by atoms with Crippen molar-refractivity contribution in [1.29, 1.82) is 0 Å². The number of allylic oxidation sites excluding steroid dienone is 4. The molecule has 2 saturated carbocycles. The zero-order valence-corrected chi connectivity index (χ0v) is 16.1. The molecule has 1 aliphatic heterocycles. The average molecular weight is 354 g/mol. The van der Waals surface area contributed by atoms with Gasteiger partial charge in [-0.25, -0.2) is 4.79 Å². The number of fused-ring (bicyclic) bond motifs is 5. The van der Waals surface area contributed by atoms with Crippen molar-refractivity contribution in [2.24, 2.45) is 34.8 Å². The van der Waals surface area contributed by atoms with Crippen LogP contribution in [0.1, 0.15) is 65.2 Å². The predicted octanol–water partition coefficient (Wildman–Crippen LogP) is 4.64. The maximum Gasteiger partial charge on any atom is 0.331 e. The average Bonchev–Trinajstić information content (AvgIpc) is 3.14. The summed E-state index contributed by atoms with van der Waals surface area (Å²) in [5.41, 5.74) is 10.3. The van der Waals surface area contributed by atoms with Crippen LogP contribution < -0.4 is 5.73 Å². The molecule has 4 unspecified atom stereocenters. The summed E-state index contributed by atoms with van der Waals surface area (Å²) in [6.45, 7) is 4.77. The van der Waals surface area contributed by atoms with Gasteiger partial charge in [-0.3, -0.25) is 0 Å². The first-order valence-electron chi connectivity index (χ1n) is 10.6. The van der Waals surface area contributed by atoms with E-state index < -0.39 is 0 Å². The molecular weight excluding hydrogens is 322 g/mol. The van der Waals surface area contributed by atoms with Crippen LogP contribution in [0.3, 0.4) is 0 Å². The Morgan fingerprint density at radius 1 is 1.27 bits per heavy atom. The minimum Gasteiger partial charge on any atom is -0.451 e. The van der Waals surface area contributed by atoms with Gasteiger partial charge in [0.1, 0.15) is 5.60 Å². The van der Waals surface area contributed by atoms with E-state index in [1.807, 2.05) is 0 Å². The second kappa shape index (κ2) is 5.50. The van der Waals surface area contributed by atoms with E-state index in [1.54, 1.807) is 17.2 Å². The number of esters is 1. The molecule has 0 saturated heterocycles. The van der Waals surface area contributed by atoms with E-state index >= 15 is 0 Å². The number of hydrogen-bond acceptors (Lipinski definition) is 3. The zero-order chi connectivity index (χ0) is 18.1. The Labute approximate surface area is 156 Å². The van der Waals surface area contributed by atoms with Gasteiger partial charge in [-0.05, 0) is 86.3 Å². The van der Waals surface area contributed by atoms with Gasteiger partial charge in [-0.2, -0.15) is 0 Å².